The van der Waals surface area contributed by atoms with Crippen molar-refractivity contribution < 1.29 is 14.3 Å². The summed E-state index contributed by atoms with van der Waals surface area (Å²) in [5.74, 6) is 0.964. The molecular formula is C17H10Cl2N2O3S. The van der Waals surface area contributed by atoms with Crippen LogP contribution in [0.4, 0.5) is 5.69 Å². The second kappa shape index (κ2) is 6.63. The highest BCUT2D eigenvalue weighted by atomic mass is 35.5. The summed E-state index contributed by atoms with van der Waals surface area (Å²) in [4.78, 5) is 17.1. The first-order valence-electron chi connectivity index (χ1n) is 7.23. The number of thioether (sulfide) groups is 1. The maximum Gasteiger partial charge on any atom is 0.264 e. The summed E-state index contributed by atoms with van der Waals surface area (Å²) in [6.45, 7) is 0.164. The fourth-order valence-corrected chi connectivity index (χ4v) is 3.55. The molecule has 5 nitrogen and oxygen atoms in total. The van der Waals surface area contributed by atoms with E-state index >= 15 is 0 Å². The number of hydrogen-bond donors (Lipinski definition) is 1. The third-order valence-corrected chi connectivity index (χ3v) is 4.94. The maximum atomic E-state index is 12.2. The van der Waals surface area contributed by atoms with E-state index in [9.17, 15) is 4.79 Å². The van der Waals surface area contributed by atoms with Crippen LogP contribution in [0.1, 0.15) is 5.56 Å². The Hall–Kier alpha value is -2.15. The molecule has 0 aromatic heterocycles. The molecule has 0 spiro atoms. The first-order valence-corrected chi connectivity index (χ1v) is 8.80. The minimum absolute atomic E-state index is 0.164. The molecule has 2 heterocycles. The van der Waals surface area contributed by atoms with Crippen molar-refractivity contribution in [2.24, 2.45) is 4.99 Å². The number of nitrogens with one attached hydrogen (secondary N) is 1. The second-order valence-corrected chi connectivity index (χ2v) is 7.06. The first-order chi connectivity index (χ1) is 12.1. The number of aliphatic imine (C=N–C) groups is 1. The SMILES string of the molecule is O=C1NC(=Nc2cccc(Cl)c2)SC1=Cc1cc2c(cc1Cl)OCO2. The normalized spacial score (nSPS) is 18.9. The predicted octanol–water partition coefficient (Wildman–Crippen LogP) is 4.61. The Morgan fingerprint density at radius 2 is 1.96 bits per heavy atom. The van der Waals surface area contributed by atoms with Crippen LogP contribution in [0.15, 0.2) is 46.3 Å². The Bertz CT molecular complexity index is 943. The van der Waals surface area contributed by atoms with Crippen LogP contribution in [-0.2, 0) is 4.79 Å². The molecule has 0 radical (unpaired) electrons. The van der Waals surface area contributed by atoms with E-state index < -0.39 is 0 Å². The smallest absolute Gasteiger partial charge is 0.264 e. The van der Waals surface area contributed by atoms with Crippen molar-refractivity contribution in [2.75, 3.05) is 6.79 Å². The van der Waals surface area contributed by atoms with Crippen LogP contribution in [-0.4, -0.2) is 17.9 Å². The molecule has 0 saturated carbocycles. The number of benzene rings is 2. The van der Waals surface area contributed by atoms with Crippen LogP contribution < -0.4 is 14.8 Å². The van der Waals surface area contributed by atoms with Crippen molar-refractivity contribution in [3.05, 3.63) is 56.9 Å². The van der Waals surface area contributed by atoms with Gasteiger partial charge in [0.25, 0.3) is 5.91 Å². The number of carbonyl (C=O) groups is 1. The van der Waals surface area contributed by atoms with Crippen LogP contribution in [0.3, 0.4) is 0 Å². The van der Waals surface area contributed by atoms with E-state index in [1.165, 1.54) is 11.8 Å². The van der Waals surface area contributed by atoms with Crippen molar-refractivity contribution in [3.63, 3.8) is 0 Å². The van der Waals surface area contributed by atoms with Crippen LogP contribution in [0.5, 0.6) is 11.5 Å². The molecule has 25 heavy (non-hydrogen) atoms. The zero-order valence-electron chi connectivity index (χ0n) is 12.6. The molecule has 126 valence electrons. The summed E-state index contributed by atoms with van der Waals surface area (Å²) in [5.41, 5.74) is 1.34. The Labute approximate surface area is 157 Å². The van der Waals surface area contributed by atoms with Gasteiger partial charge in [0.2, 0.25) is 6.79 Å². The van der Waals surface area contributed by atoms with Crippen molar-refractivity contribution in [3.8, 4) is 11.5 Å². The Balaban J connectivity index is 1.62. The monoisotopic (exact) mass is 392 g/mol. The predicted molar refractivity (Wildman–Crippen MR) is 99.8 cm³/mol. The van der Waals surface area contributed by atoms with E-state index in [0.717, 1.165) is 0 Å². The minimum atomic E-state index is -0.237. The van der Waals surface area contributed by atoms with E-state index in [0.29, 0.717) is 42.9 Å². The zero-order chi connectivity index (χ0) is 17.4. The maximum absolute atomic E-state index is 12.2. The van der Waals surface area contributed by atoms with Crippen molar-refractivity contribution in [1.29, 1.82) is 0 Å². The molecule has 0 unspecified atom stereocenters. The highest BCUT2D eigenvalue weighted by Crippen LogP contribution is 2.38. The van der Waals surface area contributed by atoms with Crippen LogP contribution in [0, 0.1) is 0 Å². The molecule has 2 aromatic rings. The average Bonchev–Trinajstić information content (AvgIpc) is 3.14. The van der Waals surface area contributed by atoms with E-state index in [1.807, 2.05) is 6.07 Å². The molecule has 1 N–H and O–H groups in total. The van der Waals surface area contributed by atoms with Crippen LogP contribution in [0.25, 0.3) is 6.08 Å². The Morgan fingerprint density at radius 1 is 1.16 bits per heavy atom. The number of halogens is 2. The number of hydrogen-bond acceptors (Lipinski definition) is 5. The second-order valence-electron chi connectivity index (χ2n) is 5.19. The van der Waals surface area contributed by atoms with Gasteiger partial charge in [-0.05, 0) is 47.7 Å². The molecule has 8 heteroatoms. The number of ether oxygens (including phenoxy) is 2. The summed E-state index contributed by atoms with van der Waals surface area (Å²) < 4.78 is 10.6. The molecule has 2 aromatic carbocycles. The molecule has 1 saturated heterocycles. The lowest BCUT2D eigenvalue weighted by Gasteiger charge is -2.02. The number of carbonyl (C=O) groups excluding carboxylic acids is 1. The molecule has 2 aliphatic heterocycles. The molecule has 0 bridgehead atoms. The quantitative estimate of drug-likeness (QED) is 0.757. The molecule has 0 aliphatic carbocycles. The minimum Gasteiger partial charge on any atom is -0.454 e. The molecule has 2 aliphatic rings. The summed E-state index contributed by atoms with van der Waals surface area (Å²) in [6, 6.07) is 10.5. The molecule has 4 rings (SSSR count). The molecule has 0 atom stereocenters. The highest BCUT2D eigenvalue weighted by Gasteiger charge is 2.25. The summed E-state index contributed by atoms with van der Waals surface area (Å²) >= 11 is 13.4. The third-order valence-electron chi connectivity index (χ3n) is 3.47. The van der Waals surface area contributed by atoms with Gasteiger partial charge in [0.1, 0.15) is 0 Å². The van der Waals surface area contributed by atoms with Crippen LogP contribution in [0.2, 0.25) is 10.0 Å². The average molecular weight is 393 g/mol. The number of nitrogens with zero attached hydrogens (tertiary/aromatic N) is 1. The molecule has 1 fully saturated rings. The van der Waals surface area contributed by atoms with Gasteiger partial charge in [-0.1, -0.05) is 29.3 Å². The number of amides is 1. The van der Waals surface area contributed by atoms with E-state index in [2.05, 4.69) is 10.3 Å². The van der Waals surface area contributed by atoms with Gasteiger partial charge in [0.05, 0.1) is 15.6 Å². The Morgan fingerprint density at radius 3 is 2.76 bits per heavy atom. The highest BCUT2D eigenvalue weighted by molar-refractivity contribution is 8.18. The zero-order valence-corrected chi connectivity index (χ0v) is 14.9. The van der Waals surface area contributed by atoms with Crippen molar-refractivity contribution >= 4 is 57.8 Å². The lowest BCUT2D eigenvalue weighted by atomic mass is 10.2. The number of fused-ring (bicyclic) bond motifs is 1. The van der Waals surface area contributed by atoms with Gasteiger partial charge in [-0.25, -0.2) is 4.99 Å². The topological polar surface area (TPSA) is 59.9 Å². The van der Waals surface area contributed by atoms with Gasteiger partial charge in [-0.2, -0.15) is 0 Å². The standard InChI is InChI=1S/C17H10Cl2N2O3S/c18-10-2-1-3-11(6-10)20-17-21-16(22)15(25-17)5-9-4-13-14(7-12(9)19)24-8-23-13/h1-7H,8H2,(H,20,21,22). The fourth-order valence-electron chi connectivity index (χ4n) is 2.33. The largest absolute Gasteiger partial charge is 0.454 e. The van der Waals surface area contributed by atoms with Crippen molar-refractivity contribution in [2.45, 2.75) is 0 Å². The third kappa shape index (κ3) is 3.46. The van der Waals surface area contributed by atoms with Gasteiger partial charge in [-0.15, -0.1) is 0 Å². The van der Waals surface area contributed by atoms with Gasteiger partial charge in [0, 0.05) is 11.1 Å². The lowest BCUT2D eigenvalue weighted by molar-refractivity contribution is -0.115. The number of amidine groups is 1. The summed E-state index contributed by atoms with van der Waals surface area (Å²) in [5, 5.41) is 4.27. The summed E-state index contributed by atoms with van der Waals surface area (Å²) in [6.07, 6.45) is 1.70. The Kier molecular flexibility index (Phi) is 4.33. The first kappa shape index (κ1) is 16.3. The van der Waals surface area contributed by atoms with E-state index in [-0.39, 0.29) is 12.7 Å². The molecule has 1 amide bonds. The van der Waals surface area contributed by atoms with Gasteiger partial charge >= 0.3 is 0 Å². The van der Waals surface area contributed by atoms with E-state index in [4.69, 9.17) is 32.7 Å². The van der Waals surface area contributed by atoms with Gasteiger partial charge < -0.3 is 14.8 Å². The number of rotatable bonds is 2. The van der Waals surface area contributed by atoms with E-state index in [1.54, 1.807) is 36.4 Å². The van der Waals surface area contributed by atoms with Crippen molar-refractivity contribution in [1.82, 2.24) is 5.32 Å². The fraction of sp³-hybridized carbons (Fsp3) is 0.0588. The lowest BCUT2D eigenvalue weighted by Crippen LogP contribution is -2.19. The van der Waals surface area contributed by atoms with Crippen LogP contribution >= 0.6 is 35.0 Å². The molecular weight excluding hydrogens is 383 g/mol. The van der Waals surface area contributed by atoms with Gasteiger partial charge in [-0.3, -0.25) is 4.79 Å². The van der Waals surface area contributed by atoms with Gasteiger partial charge in [0.15, 0.2) is 16.7 Å². The summed E-state index contributed by atoms with van der Waals surface area (Å²) in [7, 11) is 0.